The maximum atomic E-state index is 12.4. The van der Waals surface area contributed by atoms with E-state index in [9.17, 15) is 9.59 Å². The molecule has 124 valence electrons. The molecule has 0 unspecified atom stereocenters. The Kier molecular flexibility index (Phi) is 4.62. The van der Waals surface area contributed by atoms with E-state index in [-0.39, 0.29) is 23.2 Å². The van der Waals surface area contributed by atoms with Crippen molar-refractivity contribution >= 4 is 23.5 Å². The number of carbonyl (C=O) groups excluding carboxylic acids is 1. The van der Waals surface area contributed by atoms with Crippen molar-refractivity contribution in [2.75, 3.05) is 6.54 Å². The molecule has 2 saturated carbocycles. The molecule has 0 bridgehead atoms. The molecule has 1 aromatic rings. The van der Waals surface area contributed by atoms with E-state index in [0.29, 0.717) is 25.8 Å². The number of hydrogen-bond acceptors (Lipinski definition) is 2. The molecule has 3 rings (SSSR count). The summed E-state index contributed by atoms with van der Waals surface area (Å²) in [5.74, 6) is -1.29. The normalized spacial score (nSPS) is 25.6. The second-order valence-electron chi connectivity index (χ2n) is 6.90. The van der Waals surface area contributed by atoms with Crippen molar-refractivity contribution in [3.63, 3.8) is 0 Å². The fourth-order valence-electron chi connectivity index (χ4n) is 3.82. The minimum Gasteiger partial charge on any atom is -0.481 e. The molecular weight excluding hydrogens is 314 g/mol. The first-order chi connectivity index (χ1) is 11.0. The summed E-state index contributed by atoms with van der Waals surface area (Å²) in [6.45, 7) is 0.627. The molecule has 2 fully saturated rings. The van der Waals surface area contributed by atoms with Crippen molar-refractivity contribution < 1.29 is 14.7 Å². The summed E-state index contributed by atoms with van der Waals surface area (Å²) in [6, 6.07) is 7.88. The first-order valence-corrected chi connectivity index (χ1v) is 8.64. The maximum Gasteiger partial charge on any atom is 0.306 e. The van der Waals surface area contributed by atoms with Crippen molar-refractivity contribution in [3.05, 3.63) is 34.9 Å². The van der Waals surface area contributed by atoms with Gasteiger partial charge in [-0.1, -0.05) is 30.2 Å². The van der Waals surface area contributed by atoms with Gasteiger partial charge in [0.2, 0.25) is 5.91 Å². The van der Waals surface area contributed by atoms with Crippen LogP contribution in [0.25, 0.3) is 0 Å². The number of carbonyl (C=O) groups is 2. The molecule has 4 nitrogen and oxygen atoms in total. The highest BCUT2D eigenvalue weighted by Crippen LogP contribution is 2.43. The number of amides is 1. The monoisotopic (exact) mass is 335 g/mol. The van der Waals surface area contributed by atoms with Gasteiger partial charge in [0.05, 0.1) is 5.92 Å². The van der Waals surface area contributed by atoms with Gasteiger partial charge in [-0.05, 0) is 49.8 Å². The molecule has 2 aliphatic carbocycles. The molecule has 0 heterocycles. The predicted octanol–water partition coefficient (Wildman–Crippen LogP) is 3.38. The van der Waals surface area contributed by atoms with Crippen molar-refractivity contribution in [1.82, 2.24) is 5.32 Å². The van der Waals surface area contributed by atoms with Gasteiger partial charge in [-0.3, -0.25) is 9.59 Å². The summed E-state index contributed by atoms with van der Waals surface area (Å²) in [5, 5.41) is 12.8. The minimum atomic E-state index is -0.781. The topological polar surface area (TPSA) is 66.4 Å². The standard InChI is InChI=1S/C18H22ClNO3/c19-15-6-4-14(5-7-15)18(8-1-9-18)11-20-16(21)12-2-3-13(10-12)17(22)23/h4-7,12-13H,1-3,8-11H2,(H,20,21)(H,22,23)/t12-,13+/m0/s1. The Labute approximate surface area is 141 Å². The number of carboxylic acid groups (broad SMARTS) is 1. The second-order valence-corrected chi connectivity index (χ2v) is 7.34. The van der Waals surface area contributed by atoms with E-state index in [1.165, 1.54) is 12.0 Å². The van der Waals surface area contributed by atoms with E-state index in [0.717, 1.165) is 17.9 Å². The average molecular weight is 336 g/mol. The van der Waals surface area contributed by atoms with Crippen LogP contribution in [0, 0.1) is 11.8 Å². The van der Waals surface area contributed by atoms with Gasteiger partial charge in [0, 0.05) is 22.9 Å². The molecule has 5 heteroatoms. The molecule has 23 heavy (non-hydrogen) atoms. The zero-order valence-electron chi connectivity index (χ0n) is 13.1. The predicted molar refractivity (Wildman–Crippen MR) is 88.5 cm³/mol. The lowest BCUT2D eigenvalue weighted by Crippen LogP contribution is -2.46. The molecule has 0 radical (unpaired) electrons. The third kappa shape index (κ3) is 3.37. The van der Waals surface area contributed by atoms with Crippen molar-refractivity contribution in [2.45, 2.75) is 43.9 Å². The van der Waals surface area contributed by atoms with Crippen LogP contribution in [0.2, 0.25) is 5.02 Å². The number of benzene rings is 1. The van der Waals surface area contributed by atoms with Gasteiger partial charge in [0.1, 0.15) is 0 Å². The van der Waals surface area contributed by atoms with Gasteiger partial charge < -0.3 is 10.4 Å². The number of hydrogen-bond donors (Lipinski definition) is 2. The molecule has 2 atom stereocenters. The van der Waals surface area contributed by atoms with Crippen LogP contribution >= 0.6 is 11.6 Å². The van der Waals surface area contributed by atoms with Gasteiger partial charge in [0.15, 0.2) is 0 Å². The fourth-order valence-corrected chi connectivity index (χ4v) is 3.95. The summed E-state index contributed by atoms with van der Waals surface area (Å²) < 4.78 is 0. The van der Waals surface area contributed by atoms with Gasteiger partial charge in [-0.25, -0.2) is 0 Å². The van der Waals surface area contributed by atoms with Crippen LogP contribution in [0.15, 0.2) is 24.3 Å². The molecule has 1 aromatic carbocycles. The lowest BCUT2D eigenvalue weighted by Gasteiger charge is -2.43. The summed E-state index contributed by atoms with van der Waals surface area (Å²) in [4.78, 5) is 23.4. The Balaban J connectivity index is 1.59. The number of aliphatic carboxylic acids is 1. The fraction of sp³-hybridized carbons (Fsp3) is 0.556. The van der Waals surface area contributed by atoms with Crippen LogP contribution < -0.4 is 5.32 Å². The molecule has 2 aliphatic rings. The van der Waals surface area contributed by atoms with Crippen LogP contribution in [0.1, 0.15) is 44.1 Å². The van der Waals surface area contributed by atoms with E-state index in [4.69, 9.17) is 16.7 Å². The Morgan fingerprint density at radius 1 is 1.17 bits per heavy atom. The van der Waals surface area contributed by atoms with E-state index in [2.05, 4.69) is 5.32 Å². The third-order valence-corrected chi connectivity index (χ3v) is 5.77. The Hall–Kier alpha value is -1.55. The number of carboxylic acids is 1. The molecular formula is C18H22ClNO3. The van der Waals surface area contributed by atoms with Crippen molar-refractivity contribution in [3.8, 4) is 0 Å². The first kappa shape index (κ1) is 16.3. The molecule has 2 N–H and O–H groups in total. The van der Waals surface area contributed by atoms with Gasteiger partial charge in [-0.2, -0.15) is 0 Å². The Bertz CT molecular complexity index is 595. The highest BCUT2D eigenvalue weighted by molar-refractivity contribution is 6.30. The molecule has 0 aliphatic heterocycles. The maximum absolute atomic E-state index is 12.4. The van der Waals surface area contributed by atoms with Crippen molar-refractivity contribution in [1.29, 1.82) is 0 Å². The number of halogens is 1. The molecule has 0 saturated heterocycles. The van der Waals surface area contributed by atoms with Crippen LogP contribution in [-0.2, 0) is 15.0 Å². The smallest absolute Gasteiger partial charge is 0.306 e. The zero-order chi connectivity index (χ0) is 16.4. The second kappa shape index (κ2) is 6.52. The van der Waals surface area contributed by atoms with E-state index in [1.54, 1.807) is 0 Å². The summed E-state index contributed by atoms with van der Waals surface area (Å²) in [7, 11) is 0. The summed E-state index contributed by atoms with van der Waals surface area (Å²) in [5.41, 5.74) is 1.24. The van der Waals surface area contributed by atoms with Crippen molar-refractivity contribution in [2.24, 2.45) is 11.8 Å². The SMILES string of the molecule is O=C(O)[C@@H]1CC[C@H](C(=O)NCC2(c3ccc(Cl)cc3)CCC2)C1. The lowest BCUT2D eigenvalue weighted by atomic mass is 9.64. The zero-order valence-corrected chi connectivity index (χ0v) is 13.8. The lowest BCUT2D eigenvalue weighted by molar-refractivity contribution is -0.141. The average Bonchev–Trinajstić information content (AvgIpc) is 2.98. The van der Waals surface area contributed by atoms with Gasteiger partial charge in [0.25, 0.3) is 0 Å². The van der Waals surface area contributed by atoms with E-state index < -0.39 is 5.97 Å². The summed E-state index contributed by atoms with van der Waals surface area (Å²) >= 11 is 5.96. The third-order valence-electron chi connectivity index (χ3n) is 5.52. The number of nitrogens with one attached hydrogen (secondary N) is 1. The summed E-state index contributed by atoms with van der Waals surface area (Å²) in [6.07, 6.45) is 5.05. The quantitative estimate of drug-likeness (QED) is 0.866. The van der Waals surface area contributed by atoms with Crippen LogP contribution in [0.4, 0.5) is 0 Å². The van der Waals surface area contributed by atoms with E-state index in [1.807, 2.05) is 24.3 Å². The Morgan fingerprint density at radius 3 is 2.35 bits per heavy atom. The molecule has 0 aromatic heterocycles. The van der Waals surface area contributed by atoms with Crippen LogP contribution in [0.3, 0.4) is 0 Å². The Morgan fingerprint density at radius 2 is 1.83 bits per heavy atom. The van der Waals surface area contributed by atoms with Gasteiger partial charge in [-0.15, -0.1) is 0 Å². The van der Waals surface area contributed by atoms with Crippen LogP contribution in [0.5, 0.6) is 0 Å². The minimum absolute atomic E-state index is 0.00832. The molecule has 1 amide bonds. The van der Waals surface area contributed by atoms with Gasteiger partial charge >= 0.3 is 5.97 Å². The largest absolute Gasteiger partial charge is 0.481 e. The number of rotatable bonds is 5. The highest BCUT2D eigenvalue weighted by atomic mass is 35.5. The first-order valence-electron chi connectivity index (χ1n) is 8.27. The van der Waals surface area contributed by atoms with Crippen LogP contribution in [-0.4, -0.2) is 23.5 Å². The van der Waals surface area contributed by atoms with E-state index >= 15 is 0 Å². The highest BCUT2D eigenvalue weighted by Gasteiger charge is 2.40. The molecule has 0 spiro atoms.